The molecule has 1 fully saturated rings. The van der Waals surface area contributed by atoms with Gasteiger partial charge in [0.2, 0.25) is 0 Å². The molecule has 0 radical (unpaired) electrons. The number of thiazole rings is 1. The first-order chi connectivity index (χ1) is 13.9. The molecule has 0 bridgehead atoms. The second-order valence-electron chi connectivity index (χ2n) is 7.24. The Kier molecular flexibility index (Phi) is 7.58. The average molecular weight is 425 g/mol. The molecule has 0 amide bonds. The summed E-state index contributed by atoms with van der Waals surface area (Å²) in [4.78, 5) is 6.73. The van der Waals surface area contributed by atoms with Gasteiger partial charge in [-0.05, 0) is 18.6 Å². The van der Waals surface area contributed by atoms with Gasteiger partial charge in [-0.1, -0.05) is 12.1 Å². The van der Waals surface area contributed by atoms with Crippen LogP contribution < -0.4 is 4.90 Å². The van der Waals surface area contributed by atoms with Gasteiger partial charge in [0.25, 0.3) is 0 Å². The first-order valence-electron chi connectivity index (χ1n) is 9.55. The van der Waals surface area contributed by atoms with E-state index in [0.29, 0.717) is 12.8 Å². The minimum absolute atomic E-state index is 0.285. The minimum atomic E-state index is -1.43. The number of hydrogen-bond acceptors (Lipinski definition) is 9. The monoisotopic (exact) mass is 424 g/mol. The molecule has 0 saturated carbocycles. The Morgan fingerprint density at radius 1 is 1.17 bits per heavy atom. The molecule has 8 nitrogen and oxygen atoms in total. The van der Waals surface area contributed by atoms with Crippen molar-refractivity contribution in [1.82, 2.24) is 4.98 Å². The summed E-state index contributed by atoms with van der Waals surface area (Å²) in [5.74, 6) is 0. The Bertz CT molecular complexity index is 784. The number of aromatic nitrogens is 1. The number of aliphatic hydroxyl groups excluding tert-OH is 4. The molecule has 5 atom stereocenters. The molecule has 3 rings (SSSR count). The van der Waals surface area contributed by atoms with Crippen molar-refractivity contribution in [2.45, 2.75) is 43.5 Å². The summed E-state index contributed by atoms with van der Waals surface area (Å²) in [6, 6.07) is 8.19. The van der Waals surface area contributed by atoms with Crippen LogP contribution in [0, 0.1) is 0 Å². The number of hydrogen-bond donors (Lipinski definition) is 4. The van der Waals surface area contributed by atoms with Crippen molar-refractivity contribution < 1.29 is 29.9 Å². The second-order valence-corrected chi connectivity index (χ2v) is 8.19. The van der Waals surface area contributed by atoms with Gasteiger partial charge in [0.05, 0.1) is 23.9 Å². The van der Waals surface area contributed by atoms with Gasteiger partial charge in [-0.2, -0.15) is 0 Å². The summed E-state index contributed by atoms with van der Waals surface area (Å²) in [5, 5.41) is 41.8. The fraction of sp³-hybridized carbons (Fsp3) is 0.550. The molecule has 1 aliphatic rings. The first kappa shape index (κ1) is 22.1. The number of ether oxygens (including phenoxy) is 2. The molecular weight excluding hydrogens is 396 g/mol. The van der Waals surface area contributed by atoms with Crippen molar-refractivity contribution in [3.8, 4) is 11.3 Å². The van der Waals surface area contributed by atoms with Crippen LogP contribution in [0.25, 0.3) is 11.3 Å². The SMILES string of the molecule is CN(C)c1cccc(-c2csc(CCCOC3OC(CO)C(O)C(O)C3O)n2)c1. The largest absolute Gasteiger partial charge is 0.394 e. The molecule has 0 aliphatic carbocycles. The van der Waals surface area contributed by atoms with E-state index in [4.69, 9.17) is 9.47 Å². The highest BCUT2D eigenvalue weighted by molar-refractivity contribution is 7.09. The van der Waals surface area contributed by atoms with Crippen molar-refractivity contribution in [3.63, 3.8) is 0 Å². The Labute approximate surface area is 174 Å². The van der Waals surface area contributed by atoms with Gasteiger partial charge >= 0.3 is 0 Å². The van der Waals surface area contributed by atoms with Gasteiger partial charge < -0.3 is 34.8 Å². The van der Waals surface area contributed by atoms with Gasteiger partial charge in [-0.25, -0.2) is 4.98 Å². The quantitative estimate of drug-likeness (QED) is 0.456. The lowest BCUT2D eigenvalue weighted by molar-refractivity contribution is -0.301. The fourth-order valence-corrected chi connectivity index (χ4v) is 3.98. The highest BCUT2D eigenvalue weighted by atomic mass is 32.1. The fourth-order valence-electron chi connectivity index (χ4n) is 3.13. The number of nitrogens with zero attached hydrogens (tertiary/aromatic N) is 2. The number of benzene rings is 1. The van der Waals surface area contributed by atoms with Crippen molar-refractivity contribution >= 4 is 17.0 Å². The van der Waals surface area contributed by atoms with Gasteiger partial charge in [0, 0.05) is 37.1 Å². The normalized spacial score (nSPS) is 27.2. The summed E-state index contributed by atoms with van der Waals surface area (Å²) in [6.45, 7) is -0.185. The van der Waals surface area contributed by atoms with Gasteiger partial charge in [-0.15, -0.1) is 11.3 Å². The van der Waals surface area contributed by atoms with E-state index in [1.807, 2.05) is 42.6 Å². The lowest BCUT2D eigenvalue weighted by Gasteiger charge is -2.39. The molecule has 29 heavy (non-hydrogen) atoms. The zero-order valence-electron chi connectivity index (χ0n) is 16.5. The van der Waals surface area contributed by atoms with E-state index in [0.717, 1.165) is 22.0 Å². The van der Waals surface area contributed by atoms with Crippen LogP contribution in [0.4, 0.5) is 5.69 Å². The zero-order chi connectivity index (χ0) is 21.0. The van der Waals surface area contributed by atoms with E-state index in [2.05, 4.69) is 11.1 Å². The van der Waals surface area contributed by atoms with Gasteiger partial charge in [0.15, 0.2) is 6.29 Å². The molecule has 5 unspecified atom stereocenters. The van der Waals surface area contributed by atoms with Crippen molar-refractivity contribution in [3.05, 3.63) is 34.7 Å². The Morgan fingerprint density at radius 2 is 1.97 bits per heavy atom. The molecule has 1 aliphatic heterocycles. The Hall–Kier alpha value is -1.59. The smallest absolute Gasteiger partial charge is 0.186 e. The highest BCUT2D eigenvalue weighted by Crippen LogP contribution is 2.26. The van der Waals surface area contributed by atoms with E-state index >= 15 is 0 Å². The maximum Gasteiger partial charge on any atom is 0.186 e. The molecule has 1 aromatic heterocycles. The van der Waals surface area contributed by atoms with Gasteiger partial charge in [0.1, 0.15) is 24.4 Å². The summed E-state index contributed by atoms with van der Waals surface area (Å²) in [7, 11) is 4.00. The van der Waals surface area contributed by atoms with Crippen LogP contribution >= 0.6 is 11.3 Å². The van der Waals surface area contributed by atoms with E-state index in [9.17, 15) is 20.4 Å². The molecule has 2 heterocycles. The third-order valence-corrected chi connectivity index (χ3v) is 5.78. The topological polar surface area (TPSA) is 116 Å². The average Bonchev–Trinajstić information content (AvgIpc) is 3.20. The third-order valence-electron chi connectivity index (χ3n) is 4.88. The van der Waals surface area contributed by atoms with E-state index in [1.54, 1.807) is 11.3 Å². The maximum atomic E-state index is 9.97. The Balaban J connectivity index is 1.50. The predicted molar refractivity (Wildman–Crippen MR) is 110 cm³/mol. The van der Waals surface area contributed by atoms with Crippen LogP contribution in [0.2, 0.25) is 0 Å². The lowest BCUT2D eigenvalue weighted by Crippen LogP contribution is -2.59. The van der Waals surface area contributed by atoms with Crippen LogP contribution in [0.5, 0.6) is 0 Å². The molecule has 4 N–H and O–H groups in total. The lowest BCUT2D eigenvalue weighted by atomic mass is 9.99. The summed E-state index contributed by atoms with van der Waals surface area (Å²) in [5.41, 5.74) is 3.12. The first-order valence-corrected chi connectivity index (χ1v) is 10.4. The van der Waals surface area contributed by atoms with E-state index in [-0.39, 0.29) is 6.61 Å². The number of anilines is 1. The van der Waals surface area contributed by atoms with Crippen LogP contribution in [0.3, 0.4) is 0 Å². The summed E-state index contributed by atoms with van der Waals surface area (Å²) >= 11 is 1.58. The van der Waals surface area contributed by atoms with Crippen LogP contribution in [0.1, 0.15) is 11.4 Å². The molecular formula is C20H28N2O6S. The molecule has 2 aromatic rings. The van der Waals surface area contributed by atoms with E-state index in [1.165, 1.54) is 0 Å². The summed E-state index contributed by atoms with van der Waals surface area (Å²) < 4.78 is 10.8. The molecule has 1 saturated heterocycles. The Morgan fingerprint density at radius 3 is 2.69 bits per heavy atom. The zero-order valence-corrected chi connectivity index (χ0v) is 17.3. The molecule has 0 spiro atoms. The second kappa shape index (κ2) is 9.94. The minimum Gasteiger partial charge on any atom is -0.394 e. The van der Waals surface area contributed by atoms with Crippen molar-refractivity contribution in [1.29, 1.82) is 0 Å². The number of aliphatic hydroxyl groups is 4. The summed E-state index contributed by atoms with van der Waals surface area (Å²) in [6.07, 6.45) is -4.87. The number of aryl methyl sites for hydroxylation is 1. The van der Waals surface area contributed by atoms with Crippen LogP contribution in [-0.2, 0) is 15.9 Å². The molecule has 9 heteroatoms. The van der Waals surface area contributed by atoms with E-state index < -0.39 is 37.3 Å². The number of rotatable bonds is 8. The maximum absolute atomic E-state index is 9.97. The molecule has 160 valence electrons. The van der Waals surface area contributed by atoms with Crippen molar-refractivity contribution in [2.75, 3.05) is 32.2 Å². The standard InChI is InChI=1S/C20H28N2O6S/c1-22(2)13-6-3-5-12(9-13)14-11-29-16(21-14)7-4-8-27-20-19(26)18(25)17(24)15(10-23)28-20/h3,5-6,9,11,15,17-20,23-26H,4,7-8,10H2,1-2H3. The van der Waals surface area contributed by atoms with Gasteiger partial charge in [-0.3, -0.25) is 0 Å². The third kappa shape index (κ3) is 5.32. The predicted octanol–water partition coefficient (Wildman–Crippen LogP) is 0.625. The highest BCUT2D eigenvalue weighted by Gasteiger charge is 2.43. The van der Waals surface area contributed by atoms with Crippen LogP contribution in [0.15, 0.2) is 29.6 Å². The molecule has 1 aromatic carbocycles. The van der Waals surface area contributed by atoms with Crippen LogP contribution in [-0.4, -0.2) is 83.4 Å². The van der Waals surface area contributed by atoms with Crippen molar-refractivity contribution in [2.24, 2.45) is 0 Å².